The number of likely N-dealkylation sites (N-methyl/N-ethyl adjacent to an activating group) is 1. The second-order valence-corrected chi connectivity index (χ2v) is 7.15. The number of amides is 1. The minimum absolute atomic E-state index is 0.264. The zero-order chi connectivity index (χ0) is 20.0. The van der Waals surface area contributed by atoms with Crippen LogP contribution in [0.4, 0.5) is 10.5 Å². The lowest BCUT2D eigenvalue weighted by molar-refractivity contribution is 0.0635. The molecule has 0 atom stereocenters. The van der Waals surface area contributed by atoms with Gasteiger partial charge in [0.25, 0.3) is 0 Å². The second-order valence-electron chi connectivity index (χ2n) is 7.15. The van der Waals surface area contributed by atoms with Crippen LogP contribution >= 0.6 is 0 Å². The van der Waals surface area contributed by atoms with Gasteiger partial charge < -0.3 is 10.6 Å². The number of ether oxygens (including phenoxy) is 1. The molecule has 1 amide bonds. The van der Waals surface area contributed by atoms with Gasteiger partial charge in [-0.25, -0.2) is 20.6 Å². The molecule has 9 nitrogen and oxygen atoms in total. The molecule has 0 fully saturated rings. The fourth-order valence-corrected chi connectivity index (χ4v) is 2.42. The maximum absolute atomic E-state index is 12.2. The Morgan fingerprint density at radius 3 is 2.70 bits per heavy atom. The summed E-state index contributed by atoms with van der Waals surface area (Å²) in [5.41, 5.74) is 1.38. The van der Waals surface area contributed by atoms with Gasteiger partial charge in [0.05, 0.1) is 24.0 Å². The lowest BCUT2D eigenvalue weighted by Gasteiger charge is -2.21. The summed E-state index contributed by atoms with van der Waals surface area (Å²) in [6, 6.07) is 0. The Morgan fingerprint density at radius 1 is 1.41 bits per heavy atom. The highest BCUT2D eigenvalue weighted by molar-refractivity contribution is 5.90. The molecule has 1 aromatic heterocycles. The third-order valence-electron chi connectivity index (χ3n) is 3.62. The predicted molar refractivity (Wildman–Crippen MR) is 106 cm³/mol. The molecule has 0 aliphatic heterocycles. The number of nitrogens with two attached hydrogens (primary N) is 2. The summed E-state index contributed by atoms with van der Waals surface area (Å²) in [5, 5.41) is 7.70. The van der Waals surface area contributed by atoms with Crippen LogP contribution in [0.2, 0.25) is 0 Å². The van der Waals surface area contributed by atoms with Crippen LogP contribution in [0.25, 0.3) is 5.57 Å². The van der Waals surface area contributed by atoms with Crippen molar-refractivity contribution in [1.29, 1.82) is 0 Å². The molecule has 1 aromatic rings. The molecule has 0 bridgehead atoms. The smallest absolute Gasteiger partial charge is 0.412 e. The van der Waals surface area contributed by atoms with Crippen LogP contribution in [-0.2, 0) is 11.2 Å². The van der Waals surface area contributed by atoms with Crippen molar-refractivity contribution < 1.29 is 9.53 Å². The molecule has 27 heavy (non-hydrogen) atoms. The SMILES string of the molecule is CN(N)/C(Cc1ncc(NC(=O)OC(C)(C)C)c(C2=CCCC=C2)n1)=N\N. The van der Waals surface area contributed by atoms with Crippen molar-refractivity contribution in [1.82, 2.24) is 15.0 Å². The number of nitrogens with one attached hydrogen (secondary N) is 1. The Hall–Kier alpha value is -2.94. The number of nitrogens with zero attached hydrogens (tertiary/aromatic N) is 4. The number of hydrogen-bond acceptors (Lipinski definition) is 7. The third-order valence-corrected chi connectivity index (χ3v) is 3.62. The average molecular weight is 373 g/mol. The Bertz CT molecular complexity index is 776. The zero-order valence-electron chi connectivity index (χ0n) is 16.2. The number of hydrazine groups is 1. The van der Waals surface area contributed by atoms with Gasteiger partial charge in [-0.1, -0.05) is 18.2 Å². The van der Waals surface area contributed by atoms with E-state index in [1.54, 1.807) is 34.0 Å². The van der Waals surface area contributed by atoms with Crippen molar-refractivity contribution in [3.05, 3.63) is 35.9 Å². The normalized spacial score (nSPS) is 14.6. The number of allylic oxidation sites excluding steroid dienone is 4. The number of hydrazone groups is 1. The molecule has 1 heterocycles. The lowest BCUT2D eigenvalue weighted by atomic mass is 10.0. The van der Waals surface area contributed by atoms with Crippen molar-refractivity contribution in [2.24, 2.45) is 16.8 Å². The zero-order valence-corrected chi connectivity index (χ0v) is 16.2. The van der Waals surface area contributed by atoms with Gasteiger partial charge in [0.1, 0.15) is 17.3 Å². The van der Waals surface area contributed by atoms with E-state index in [4.69, 9.17) is 16.4 Å². The van der Waals surface area contributed by atoms with Crippen LogP contribution < -0.4 is 17.0 Å². The molecule has 0 saturated carbocycles. The monoisotopic (exact) mass is 373 g/mol. The van der Waals surface area contributed by atoms with E-state index in [0.29, 0.717) is 23.0 Å². The van der Waals surface area contributed by atoms with E-state index >= 15 is 0 Å². The van der Waals surface area contributed by atoms with Crippen LogP contribution in [0.3, 0.4) is 0 Å². The van der Waals surface area contributed by atoms with Gasteiger partial charge in [0, 0.05) is 7.05 Å². The van der Waals surface area contributed by atoms with Gasteiger partial charge in [-0.3, -0.25) is 10.3 Å². The van der Waals surface area contributed by atoms with E-state index < -0.39 is 11.7 Å². The molecule has 146 valence electrons. The summed E-state index contributed by atoms with van der Waals surface area (Å²) in [6.45, 7) is 5.41. The summed E-state index contributed by atoms with van der Waals surface area (Å²) in [5.74, 6) is 12.0. The largest absolute Gasteiger partial charge is 0.444 e. The average Bonchev–Trinajstić information content (AvgIpc) is 2.59. The molecular weight excluding hydrogens is 346 g/mol. The van der Waals surface area contributed by atoms with Crippen LogP contribution in [0.1, 0.15) is 45.1 Å². The molecular formula is C18H27N7O2. The second kappa shape index (κ2) is 8.63. The highest BCUT2D eigenvalue weighted by Gasteiger charge is 2.20. The molecule has 9 heteroatoms. The van der Waals surface area contributed by atoms with Crippen LogP contribution in [-0.4, -0.2) is 39.6 Å². The quantitative estimate of drug-likeness (QED) is 0.319. The van der Waals surface area contributed by atoms with E-state index in [1.807, 2.05) is 6.08 Å². The van der Waals surface area contributed by atoms with Gasteiger partial charge >= 0.3 is 6.09 Å². The third kappa shape index (κ3) is 6.07. The Balaban J connectivity index is 2.34. The number of amidine groups is 1. The van der Waals surface area contributed by atoms with Crippen LogP contribution in [0.5, 0.6) is 0 Å². The molecule has 0 spiro atoms. The van der Waals surface area contributed by atoms with Crippen molar-refractivity contribution in [2.45, 2.75) is 45.6 Å². The van der Waals surface area contributed by atoms with E-state index in [-0.39, 0.29) is 6.42 Å². The highest BCUT2D eigenvalue weighted by atomic mass is 16.6. The highest BCUT2D eigenvalue weighted by Crippen LogP contribution is 2.26. The first-order chi connectivity index (χ1) is 12.7. The number of rotatable bonds is 4. The van der Waals surface area contributed by atoms with Crippen molar-refractivity contribution in [3.63, 3.8) is 0 Å². The number of hydrogen-bond donors (Lipinski definition) is 3. The summed E-state index contributed by atoms with van der Waals surface area (Å²) in [4.78, 5) is 21.1. The minimum Gasteiger partial charge on any atom is -0.444 e. The van der Waals surface area contributed by atoms with Gasteiger partial charge in [-0.2, -0.15) is 5.10 Å². The fourth-order valence-electron chi connectivity index (χ4n) is 2.42. The molecule has 0 radical (unpaired) electrons. The predicted octanol–water partition coefficient (Wildman–Crippen LogP) is 2.18. The maximum Gasteiger partial charge on any atom is 0.412 e. The first-order valence-electron chi connectivity index (χ1n) is 8.68. The Morgan fingerprint density at radius 2 is 2.15 bits per heavy atom. The summed E-state index contributed by atoms with van der Waals surface area (Å²) in [6.07, 6.45) is 9.23. The van der Waals surface area contributed by atoms with Gasteiger partial charge in [0.2, 0.25) is 0 Å². The Labute approximate surface area is 159 Å². The first kappa shape index (κ1) is 20.4. The van der Waals surface area contributed by atoms with Gasteiger partial charge in [0.15, 0.2) is 0 Å². The fraction of sp³-hybridized carbons (Fsp3) is 0.444. The standard InChI is InChI=1S/C18H27N7O2/c1-18(2,3)27-17(26)22-13-11-21-14(10-15(24-19)25(4)20)23-16(13)12-8-6-5-7-9-12/h6,8-9,11H,5,7,10,19-20H2,1-4H3,(H,22,26)/b24-15-. The van der Waals surface area contributed by atoms with E-state index in [1.165, 1.54) is 5.01 Å². The molecule has 1 aliphatic carbocycles. The van der Waals surface area contributed by atoms with Crippen molar-refractivity contribution in [3.8, 4) is 0 Å². The maximum atomic E-state index is 12.2. The summed E-state index contributed by atoms with van der Waals surface area (Å²) < 4.78 is 5.33. The van der Waals surface area contributed by atoms with Gasteiger partial charge in [-0.05, 0) is 39.2 Å². The Kier molecular flexibility index (Phi) is 6.51. The lowest BCUT2D eigenvalue weighted by Crippen LogP contribution is -2.36. The molecule has 0 aromatic carbocycles. The van der Waals surface area contributed by atoms with Gasteiger partial charge in [-0.15, -0.1) is 0 Å². The number of aromatic nitrogens is 2. The van der Waals surface area contributed by atoms with E-state index in [2.05, 4.69) is 32.5 Å². The number of anilines is 1. The molecule has 0 unspecified atom stereocenters. The van der Waals surface area contributed by atoms with Crippen LogP contribution in [0.15, 0.2) is 29.5 Å². The summed E-state index contributed by atoms with van der Waals surface area (Å²) in [7, 11) is 1.64. The molecule has 5 N–H and O–H groups in total. The number of carbonyl (C=O) groups is 1. The molecule has 1 aliphatic rings. The molecule has 0 saturated heterocycles. The minimum atomic E-state index is -0.604. The topological polar surface area (TPSA) is 132 Å². The molecule has 2 rings (SSSR count). The van der Waals surface area contributed by atoms with Crippen LogP contribution in [0, 0.1) is 0 Å². The van der Waals surface area contributed by atoms with E-state index in [0.717, 1.165) is 18.4 Å². The van der Waals surface area contributed by atoms with E-state index in [9.17, 15) is 4.79 Å². The number of carbonyl (C=O) groups excluding carboxylic acids is 1. The van der Waals surface area contributed by atoms with Crippen molar-refractivity contribution in [2.75, 3.05) is 12.4 Å². The first-order valence-corrected chi connectivity index (χ1v) is 8.68. The summed E-state index contributed by atoms with van der Waals surface area (Å²) >= 11 is 0. The van der Waals surface area contributed by atoms with Crippen molar-refractivity contribution >= 4 is 23.2 Å².